The number of aromatic nitrogens is 1. The first-order chi connectivity index (χ1) is 10.2. The van der Waals surface area contributed by atoms with Crippen LogP contribution in [0.4, 0.5) is 11.5 Å². The standard InChI is InChI=1S/C17H24N4/c1-3-13(2)20-8-10-21(11-9-20)17-7-4-14-12-15(18)5-6-16(14)19-17/h4-7,12-13H,3,8-11,18H2,1-2H3. The van der Waals surface area contributed by atoms with Crippen molar-refractivity contribution in [3.8, 4) is 0 Å². The van der Waals surface area contributed by atoms with Gasteiger partial charge in [-0.2, -0.15) is 0 Å². The third-order valence-corrected chi connectivity index (χ3v) is 4.55. The van der Waals surface area contributed by atoms with Crippen LogP contribution < -0.4 is 10.6 Å². The fourth-order valence-electron chi connectivity index (χ4n) is 2.96. The number of anilines is 2. The Labute approximate surface area is 126 Å². The number of benzene rings is 1. The highest BCUT2D eigenvalue weighted by atomic mass is 15.3. The summed E-state index contributed by atoms with van der Waals surface area (Å²) in [4.78, 5) is 9.73. The van der Waals surface area contributed by atoms with Crippen LogP contribution in [0.3, 0.4) is 0 Å². The number of nitrogens with zero attached hydrogens (tertiary/aromatic N) is 3. The first-order valence-electron chi connectivity index (χ1n) is 7.82. The molecule has 1 fully saturated rings. The first kappa shape index (κ1) is 14.1. The number of fused-ring (bicyclic) bond motifs is 1. The number of nitrogens with two attached hydrogens (primary N) is 1. The van der Waals surface area contributed by atoms with E-state index in [2.05, 4.69) is 35.8 Å². The molecule has 2 aromatic rings. The molecule has 3 rings (SSSR count). The highest BCUT2D eigenvalue weighted by Crippen LogP contribution is 2.21. The third-order valence-electron chi connectivity index (χ3n) is 4.55. The predicted molar refractivity (Wildman–Crippen MR) is 89.7 cm³/mol. The summed E-state index contributed by atoms with van der Waals surface area (Å²) < 4.78 is 0. The number of pyridine rings is 1. The monoisotopic (exact) mass is 284 g/mol. The van der Waals surface area contributed by atoms with Gasteiger partial charge >= 0.3 is 0 Å². The topological polar surface area (TPSA) is 45.4 Å². The molecular weight excluding hydrogens is 260 g/mol. The van der Waals surface area contributed by atoms with Gasteiger partial charge in [0.2, 0.25) is 0 Å². The maximum absolute atomic E-state index is 5.82. The molecule has 112 valence electrons. The molecule has 1 saturated heterocycles. The van der Waals surface area contributed by atoms with Gasteiger partial charge in [-0.15, -0.1) is 0 Å². The predicted octanol–water partition coefficient (Wildman–Crippen LogP) is 2.74. The maximum Gasteiger partial charge on any atom is 0.129 e. The largest absolute Gasteiger partial charge is 0.399 e. The molecule has 4 nitrogen and oxygen atoms in total. The lowest BCUT2D eigenvalue weighted by atomic mass is 10.1. The van der Waals surface area contributed by atoms with Crippen molar-refractivity contribution in [3.63, 3.8) is 0 Å². The van der Waals surface area contributed by atoms with Crippen LogP contribution in [-0.4, -0.2) is 42.1 Å². The fraction of sp³-hybridized carbons (Fsp3) is 0.471. The van der Waals surface area contributed by atoms with Gasteiger partial charge in [-0.05, 0) is 43.7 Å². The zero-order valence-corrected chi connectivity index (χ0v) is 12.9. The van der Waals surface area contributed by atoms with Crippen LogP contribution in [0.2, 0.25) is 0 Å². The minimum absolute atomic E-state index is 0.680. The fourth-order valence-corrected chi connectivity index (χ4v) is 2.96. The van der Waals surface area contributed by atoms with Gasteiger partial charge < -0.3 is 10.6 Å². The molecule has 21 heavy (non-hydrogen) atoms. The van der Waals surface area contributed by atoms with Gasteiger partial charge in [0, 0.05) is 43.3 Å². The van der Waals surface area contributed by atoms with Crippen molar-refractivity contribution < 1.29 is 0 Å². The van der Waals surface area contributed by atoms with Gasteiger partial charge in [0.05, 0.1) is 5.52 Å². The number of nitrogen functional groups attached to an aromatic ring is 1. The van der Waals surface area contributed by atoms with E-state index >= 15 is 0 Å². The van der Waals surface area contributed by atoms with Gasteiger partial charge in [-0.1, -0.05) is 6.92 Å². The molecule has 0 aliphatic carbocycles. The summed E-state index contributed by atoms with van der Waals surface area (Å²) in [6, 6.07) is 10.8. The lowest BCUT2D eigenvalue weighted by Gasteiger charge is -2.38. The average molecular weight is 284 g/mol. The van der Waals surface area contributed by atoms with E-state index in [1.165, 1.54) is 6.42 Å². The molecule has 2 heterocycles. The van der Waals surface area contributed by atoms with E-state index < -0.39 is 0 Å². The summed E-state index contributed by atoms with van der Waals surface area (Å²) in [6.45, 7) is 8.92. The summed E-state index contributed by atoms with van der Waals surface area (Å²) in [5, 5.41) is 1.11. The van der Waals surface area contributed by atoms with E-state index in [-0.39, 0.29) is 0 Å². The summed E-state index contributed by atoms with van der Waals surface area (Å²) >= 11 is 0. The van der Waals surface area contributed by atoms with Gasteiger partial charge in [0.15, 0.2) is 0 Å². The Morgan fingerprint density at radius 2 is 1.90 bits per heavy atom. The summed E-state index contributed by atoms with van der Waals surface area (Å²) in [6.07, 6.45) is 1.22. The van der Waals surface area contributed by atoms with Crippen LogP contribution >= 0.6 is 0 Å². The second-order valence-corrected chi connectivity index (χ2v) is 5.90. The average Bonchev–Trinajstić information content (AvgIpc) is 2.53. The molecule has 1 aliphatic heterocycles. The van der Waals surface area contributed by atoms with Gasteiger partial charge in [0.25, 0.3) is 0 Å². The van der Waals surface area contributed by atoms with Crippen LogP contribution in [0.5, 0.6) is 0 Å². The molecule has 2 N–H and O–H groups in total. The number of piperazine rings is 1. The second kappa shape index (κ2) is 5.90. The first-order valence-corrected chi connectivity index (χ1v) is 7.82. The Morgan fingerprint density at radius 3 is 2.62 bits per heavy atom. The van der Waals surface area contributed by atoms with Crippen molar-refractivity contribution in [1.82, 2.24) is 9.88 Å². The van der Waals surface area contributed by atoms with Crippen LogP contribution in [0, 0.1) is 0 Å². The zero-order valence-electron chi connectivity index (χ0n) is 12.9. The molecule has 1 atom stereocenters. The summed E-state index contributed by atoms with van der Waals surface area (Å²) in [7, 11) is 0. The SMILES string of the molecule is CCC(C)N1CCN(c2ccc3cc(N)ccc3n2)CC1. The smallest absolute Gasteiger partial charge is 0.129 e. The lowest BCUT2D eigenvalue weighted by Crippen LogP contribution is -2.49. The number of hydrogen-bond acceptors (Lipinski definition) is 4. The third kappa shape index (κ3) is 2.95. The molecule has 0 spiro atoms. The Morgan fingerprint density at radius 1 is 1.14 bits per heavy atom. The normalized spacial score (nSPS) is 18.1. The highest BCUT2D eigenvalue weighted by molar-refractivity contribution is 5.83. The van der Waals surface area contributed by atoms with E-state index in [1.807, 2.05) is 18.2 Å². The van der Waals surface area contributed by atoms with Crippen molar-refractivity contribution in [2.45, 2.75) is 26.3 Å². The Hall–Kier alpha value is -1.81. The number of hydrogen-bond donors (Lipinski definition) is 1. The van der Waals surface area contributed by atoms with Crippen molar-refractivity contribution in [3.05, 3.63) is 30.3 Å². The van der Waals surface area contributed by atoms with Gasteiger partial charge in [-0.3, -0.25) is 4.90 Å². The van der Waals surface area contributed by atoms with E-state index in [1.54, 1.807) is 0 Å². The molecule has 0 saturated carbocycles. The summed E-state index contributed by atoms with van der Waals surface area (Å²) in [5.41, 5.74) is 7.63. The molecule has 1 aromatic carbocycles. The molecule has 4 heteroatoms. The molecule has 0 amide bonds. The van der Waals surface area contributed by atoms with E-state index in [0.29, 0.717) is 6.04 Å². The Balaban J connectivity index is 1.75. The van der Waals surface area contributed by atoms with Gasteiger partial charge in [0.1, 0.15) is 5.82 Å². The highest BCUT2D eigenvalue weighted by Gasteiger charge is 2.20. The molecule has 1 aromatic heterocycles. The van der Waals surface area contributed by atoms with E-state index in [9.17, 15) is 0 Å². The van der Waals surface area contributed by atoms with E-state index in [4.69, 9.17) is 10.7 Å². The van der Waals surface area contributed by atoms with Crippen molar-refractivity contribution in [1.29, 1.82) is 0 Å². The molecule has 0 bridgehead atoms. The summed E-state index contributed by atoms with van der Waals surface area (Å²) in [5.74, 6) is 1.08. The molecular formula is C17H24N4. The quantitative estimate of drug-likeness (QED) is 0.880. The second-order valence-electron chi connectivity index (χ2n) is 5.90. The van der Waals surface area contributed by atoms with Gasteiger partial charge in [-0.25, -0.2) is 4.98 Å². The van der Waals surface area contributed by atoms with Crippen LogP contribution in [-0.2, 0) is 0 Å². The van der Waals surface area contributed by atoms with Crippen LogP contribution in [0.15, 0.2) is 30.3 Å². The van der Waals surface area contributed by atoms with Crippen LogP contribution in [0.25, 0.3) is 10.9 Å². The minimum Gasteiger partial charge on any atom is -0.399 e. The molecule has 1 unspecified atom stereocenters. The van der Waals surface area contributed by atoms with Crippen LogP contribution in [0.1, 0.15) is 20.3 Å². The Kier molecular flexibility index (Phi) is 3.97. The lowest BCUT2D eigenvalue weighted by molar-refractivity contribution is 0.192. The molecule has 0 radical (unpaired) electrons. The zero-order chi connectivity index (χ0) is 14.8. The number of rotatable bonds is 3. The van der Waals surface area contributed by atoms with Crippen molar-refractivity contribution in [2.24, 2.45) is 0 Å². The van der Waals surface area contributed by atoms with E-state index in [0.717, 1.165) is 48.6 Å². The Bertz CT molecular complexity index is 617. The molecule has 1 aliphatic rings. The maximum atomic E-state index is 5.82. The minimum atomic E-state index is 0.680. The van der Waals surface area contributed by atoms with Crippen molar-refractivity contribution >= 4 is 22.4 Å². The van der Waals surface area contributed by atoms with Crippen molar-refractivity contribution in [2.75, 3.05) is 36.8 Å².